The molecule has 0 spiro atoms. The fourth-order valence-electron chi connectivity index (χ4n) is 3.82. The van der Waals surface area contributed by atoms with Crippen molar-refractivity contribution in [3.63, 3.8) is 0 Å². The number of H-pyrrole nitrogens is 1. The van der Waals surface area contributed by atoms with Crippen molar-refractivity contribution >= 4 is 43.6 Å². The van der Waals surface area contributed by atoms with Gasteiger partial charge in [0.2, 0.25) is 0 Å². The molecule has 5 aromatic rings. The van der Waals surface area contributed by atoms with Crippen LogP contribution in [0, 0.1) is 6.92 Å². The minimum absolute atomic E-state index is 0.0135. The van der Waals surface area contributed by atoms with E-state index in [2.05, 4.69) is 4.98 Å². The van der Waals surface area contributed by atoms with Gasteiger partial charge in [-0.2, -0.15) is 0 Å². The molecule has 4 heteroatoms. The van der Waals surface area contributed by atoms with Crippen molar-refractivity contribution in [2.24, 2.45) is 7.05 Å². The van der Waals surface area contributed by atoms with Crippen LogP contribution in [0.2, 0.25) is 0 Å². The number of hydrogen-bond donors (Lipinski definition) is 1. The van der Waals surface area contributed by atoms with E-state index in [9.17, 15) is 9.59 Å². The summed E-state index contributed by atoms with van der Waals surface area (Å²) in [6.07, 6.45) is 0. The number of benzene rings is 3. The summed E-state index contributed by atoms with van der Waals surface area (Å²) in [5, 5.41) is 2.56. The van der Waals surface area contributed by atoms with Gasteiger partial charge in [0.05, 0.1) is 16.6 Å². The largest absolute Gasteiger partial charge is 0.354 e. The van der Waals surface area contributed by atoms with Gasteiger partial charge >= 0.3 is 0 Å². The SMILES string of the molecule is Cc1ccc2[nH]c3cc4c(=O)c5ccccc5n(C)c4cc3c(=O)c2c1. The fourth-order valence-corrected chi connectivity index (χ4v) is 3.82. The molecule has 0 bridgehead atoms. The third kappa shape index (κ3) is 1.90. The van der Waals surface area contributed by atoms with Crippen molar-refractivity contribution in [1.29, 1.82) is 0 Å². The van der Waals surface area contributed by atoms with Crippen molar-refractivity contribution < 1.29 is 0 Å². The Morgan fingerprint density at radius 1 is 0.731 bits per heavy atom. The average molecular weight is 340 g/mol. The zero-order chi connectivity index (χ0) is 18.0. The smallest absolute Gasteiger partial charge is 0.197 e. The van der Waals surface area contributed by atoms with E-state index < -0.39 is 0 Å². The molecule has 3 aromatic carbocycles. The van der Waals surface area contributed by atoms with Crippen LogP contribution >= 0.6 is 0 Å². The molecule has 0 atom stereocenters. The topological polar surface area (TPSA) is 54.9 Å². The zero-order valence-electron chi connectivity index (χ0n) is 14.5. The number of para-hydroxylation sites is 1. The average Bonchev–Trinajstić information content (AvgIpc) is 2.66. The molecule has 1 N–H and O–H groups in total. The number of hydrogen-bond acceptors (Lipinski definition) is 2. The van der Waals surface area contributed by atoms with Crippen molar-refractivity contribution in [2.45, 2.75) is 6.92 Å². The number of pyridine rings is 2. The Labute approximate surface area is 148 Å². The van der Waals surface area contributed by atoms with E-state index in [0.717, 1.165) is 22.1 Å². The van der Waals surface area contributed by atoms with Crippen LogP contribution in [0.1, 0.15) is 5.56 Å². The van der Waals surface area contributed by atoms with Crippen LogP contribution in [0.5, 0.6) is 0 Å². The Balaban J connectivity index is 2.06. The molecular formula is C22H16N2O2. The summed E-state index contributed by atoms with van der Waals surface area (Å²) < 4.78 is 1.98. The van der Waals surface area contributed by atoms with E-state index in [0.29, 0.717) is 27.1 Å². The van der Waals surface area contributed by atoms with E-state index in [1.54, 1.807) is 6.07 Å². The van der Waals surface area contributed by atoms with E-state index >= 15 is 0 Å². The number of aromatic amines is 1. The lowest BCUT2D eigenvalue weighted by atomic mass is 10.0. The highest BCUT2D eigenvalue weighted by Gasteiger charge is 2.12. The van der Waals surface area contributed by atoms with Gasteiger partial charge in [0.1, 0.15) is 0 Å². The number of rotatable bonds is 0. The summed E-state index contributed by atoms with van der Waals surface area (Å²) in [6, 6.07) is 17.0. The first-order valence-electron chi connectivity index (χ1n) is 8.52. The second-order valence-electron chi connectivity index (χ2n) is 6.82. The molecule has 126 valence electrons. The zero-order valence-corrected chi connectivity index (χ0v) is 14.5. The van der Waals surface area contributed by atoms with Gasteiger partial charge in [0.15, 0.2) is 10.9 Å². The van der Waals surface area contributed by atoms with Gasteiger partial charge in [-0.15, -0.1) is 0 Å². The number of nitrogens with zero attached hydrogens (tertiary/aromatic N) is 1. The Morgan fingerprint density at radius 3 is 2.31 bits per heavy atom. The monoisotopic (exact) mass is 340 g/mol. The molecule has 0 aliphatic heterocycles. The van der Waals surface area contributed by atoms with Crippen LogP contribution in [0.25, 0.3) is 43.6 Å². The molecular weight excluding hydrogens is 324 g/mol. The Bertz CT molecular complexity index is 1490. The third-order valence-electron chi connectivity index (χ3n) is 5.19. The van der Waals surface area contributed by atoms with Gasteiger partial charge in [0.25, 0.3) is 0 Å². The summed E-state index contributed by atoms with van der Waals surface area (Å²) in [6.45, 7) is 1.97. The minimum atomic E-state index is -0.0139. The molecule has 26 heavy (non-hydrogen) atoms. The molecule has 2 heterocycles. The first kappa shape index (κ1) is 14.9. The lowest BCUT2D eigenvalue weighted by molar-refractivity contribution is 1.00. The maximum Gasteiger partial charge on any atom is 0.197 e. The van der Waals surface area contributed by atoms with Gasteiger partial charge in [-0.3, -0.25) is 9.59 Å². The number of aryl methyl sites for hydroxylation is 2. The first-order chi connectivity index (χ1) is 12.5. The van der Waals surface area contributed by atoms with E-state index in [1.807, 2.05) is 67.1 Å². The Hall–Kier alpha value is -3.40. The van der Waals surface area contributed by atoms with Crippen LogP contribution in [0.3, 0.4) is 0 Å². The Morgan fingerprint density at radius 2 is 1.46 bits per heavy atom. The van der Waals surface area contributed by atoms with Gasteiger partial charge in [-0.05, 0) is 43.3 Å². The molecule has 0 radical (unpaired) electrons. The molecule has 2 aromatic heterocycles. The van der Waals surface area contributed by atoms with Crippen LogP contribution in [-0.2, 0) is 7.05 Å². The van der Waals surface area contributed by atoms with E-state index in [4.69, 9.17) is 0 Å². The fraction of sp³-hybridized carbons (Fsp3) is 0.0909. The molecule has 0 aliphatic rings. The first-order valence-corrected chi connectivity index (χ1v) is 8.52. The van der Waals surface area contributed by atoms with Crippen molar-refractivity contribution in [1.82, 2.24) is 9.55 Å². The summed E-state index contributed by atoms with van der Waals surface area (Å²) in [7, 11) is 1.93. The van der Waals surface area contributed by atoms with Crippen LogP contribution < -0.4 is 10.9 Å². The summed E-state index contributed by atoms with van der Waals surface area (Å²) >= 11 is 0. The molecule has 0 saturated carbocycles. The van der Waals surface area contributed by atoms with Gasteiger partial charge < -0.3 is 9.55 Å². The maximum atomic E-state index is 13.0. The highest BCUT2D eigenvalue weighted by Crippen LogP contribution is 2.23. The summed E-state index contributed by atoms with van der Waals surface area (Å²) in [5.41, 5.74) is 4.11. The van der Waals surface area contributed by atoms with Crippen molar-refractivity contribution in [2.75, 3.05) is 0 Å². The second-order valence-corrected chi connectivity index (χ2v) is 6.82. The van der Waals surface area contributed by atoms with Crippen LogP contribution in [0.15, 0.2) is 64.2 Å². The van der Waals surface area contributed by atoms with E-state index in [1.165, 1.54) is 0 Å². The second kappa shape index (κ2) is 5.05. The van der Waals surface area contributed by atoms with Crippen molar-refractivity contribution in [3.05, 3.63) is 80.6 Å². The summed E-state index contributed by atoms with van der Waals surface area (Å²) in [5.74, 6) is 0. The molecule has 0 aliphatic carbocycles. The standard InChI is InChI=1S/C22H16N2O2/c1-12-7-8-17-14(9-12)22(26)15-11-20-16(10-18(15)23-17)21(25)13-5-3-4-6-19(13)24(20)2/h3-11H,1-2H3,(H,23,26). The quantitative estimate of drug-likeness (QED) is 0.433. The molecule has 0 fully saturated rings. The molecule has 4 nitrogen and oxygen atoms in total. The van der Waals surface area contributed by atoms with E-state index in [-0.39, 0.29) is 10.9 Å². The number of nitrogens with one attached hydrogen (secondary N) is 1. The highest BCUT2D eigenvalue weighted by molar-refractivity contribution is 6.03. The van der Waals surface area contributed by atoms with Crippen LogP contribution in [-0.4, -0.2) is 9.55 Å². The molecule has 0 amide bonds. The van der Waals surface area contributed by atoms with Gasteiger partial charge in [-0.25, -0.2) is 0 Å². The normalized spacial score (nSPS) is 11.8. The van der Waals surface area contributed by atoms with Gasteiger partial charge in [0, 0.05) is 34.1 Å². The molecule has 0 saturated heterocycles. The predicted octanol–water partition coefficient (Wildman–Crippen LogP) is 3.99. The highest BCUT2D eigenvalue weighted by atomic mass is 16.1. The third-order valence-corrected chi connectivity index (χ3v) is 5.19. The molecule has 5 rings (SSSR count). The lowest BCUT2D eigenvalue weighted by Gasteiger charge is -2.12. The molecule has 0 unspecified atom stereocenters. The van der Waals surface area contributed by atoms with Crippen molar-refractivity contribution in [3.8, 4) is 0 Å². The maximum absolute atomic E-state index is 13.0. The number of aromatic nitrogens is 2. The minimum Gasteiger partial charge on any atom is -0.354 e. The Kier molecular flexibility index (Phi) is 2.89. The summed E-state index contributed by atoms with van der Waals surface area (Å²) in [4.78, 5) is 29.3. The number of fused-ring (bicyclic) bond motifs is 4. The predicted molar refractivity (Wildman–Crippen MR) is 107 cm³/mol. The van der Waals surface area contributed by atoms with Crippen LogP contribution in [0.4, 0.5) is 0 Å². The lowest BCUT2D eigenvalue weighted by Crippen LogP contribution is -2.11. The van der Waals surface area contributed by atoms with Gasteiger partial charge in [-0.1, -0.05) is 23.8 Å².